The normalized spacial score (nSPS) is 11.8. The highest BCUT2D eigenvalue weighted by Crippen LogP contribution is 2.21. The summed E-state index contributed by atoms with van der Waals surface area (Å²) in [7, 11) is 1.26. The van der Waals surface area contributed by atoms with Gasteiger partial charge < -0.3 is 14.1 Å². The average molecular weight is 248 g/mol. The van der Waals surface area contributed by atoms with Crippen LogP contribution in [0.4, 0.5) is 0 Å². The SMILES string of the molecule is COC(=O)c1cn2cc(C(C)(C)C)[nH]c2cc1=O. The van der Waals surface area contributed by atoms with Crippen LogP contribution in [-0.4, -0.2) is 22.5 Å². The van der Waals surface area contributed by atoms with Crippen LogP contribution in [0.5, 0.6) is 0 Å². The fourth-order valence-corrected chi connectivity index (χ4v) is 1.71. The number of esters is 1. The quantitative estimate of drug-likeness (QED) is 0.781. The van der Waals surface area contributed by atoms with Crippen LogP contribution in [-0.2, 0) is 10.2 Å². The number of carbonyl (C=O) groups excluding carboxylic acids is 1. The van der Waals surface area contributed by atoms with Crippen molar-refractivity contribution < 1.29 is 9.53 Å². The van der Waals surface area contributed by atoms with Gasteiger partial charge in [-0.1, -0.05) is 20.8 Å². The molecular weight excluding hydrogens is 232 g/mol. The van der Waals surface area contributed by atoms with Crippen molar-refractivity contribution in [2.24, 2.45) is 0 Å². The van der Waals surface area contributed by atoms with Gasteiger partial charge in [0.25, 0.3) is 0 Å². The largest absolute Gasteiger partial charge is 0.465 e. The topological polar surface area (TPSA) is 63.6 Å². The smallest absolute Gasteiger partial charge is 0.343 e. The highest BCUT2D eigenvalue weighted by molar-refractivity contribution is 5.89. The fourth-order valence-electron chi connectivity index (χ4n) is 1.71. The molecule has 5 nitrogen and oxygen atoms in total. The summed E-state index contributed by atoms with van der Waals surface area (Å²) in [4.78, 5) is 26.4. The number of H-pyrrole nitrogens is 1. The molecule has 0 radical (unpaired) electrons. The number of nitrogens with zero attached hydrogens (tertiary/aromatic N) is 1. The summed E-state index contributed by atoms with van der Waals surface area (Å²) in [5, 5.41) is 0. The molecule has 2 rings (SSSR count). The average Bonchev–Trinajstić information content (AvgIpc) is 2.69. The molecule has 0 spiro atoms. The molecule has 96 valence electrons. The first-order valence-electron chi connectivity index (χ1n) is 5.67. The van der Waals surface area contributed by atoms with Crippen LogP contribution in [0.25, 0.3) is 5.65 Å². The zero-order valence-corrected chi connectivity index (χ0v) is 10.9. The standard InChI is InChI=1S/C13H16N2O3/c1-13(2,3)10-7-15-6-8(12(17)18-4)9(16)5-11(15)14-10/h5-7,14H,1-4H3. The first kappa shape index (κ1) is 12.4. The van der Waals surface area contributed by atoms with Gasteiger partial charge in [-0.3, -0.25) is 4.79 Å². The van der Waals surface area contributed by atoms with Gasteiger partial charge in [-0.2, -0.15) is 0 Å². The van der Waals surface area contributed by atoms with Gasteiger partial charge in [0.2, 0.25) is 0 Å². The lowest BCUT2D eigenvalue weighted by Gasteiger charge is -2.14. The lowest BCUT2D eigenvalue weighted by Crippen LogP contribution is -2.16. The zero-order valence-electron chi connectivity index (χ0n) is 10.9. The Bertz CT molecular complexity index is 659. The van der Waals surface area contributed by atoms with E-state index in [1.807, 2.05) is 6.20 Å². The molecule has 0 aliphatic carbocycles. The van der Waals surface area contributed by atoms with E-state index in [9.17, 15) is 9.59 Å². The summed E-state index contributed by atoms with van der Waals surface area (Å²) in [5.74, 6) is -0.618. The summed E-state index contributed by atoms with van der Waals surface area (Å²) >= 11 is 0. The van der Waals surface area contributed by atoms with Crippen LogP contribution < -0.4 is 5.43 Å². The van der Waals surface area contributed by atoms with Gasteiger partial charge in [-0.25, -0.2) is 4.79 Å². The Labute approximate surface area is 104 Å². The first-order chi connectivity index (χ1) is 8.32. The van der Waals surface area contributed by atoms with Gasteiger partial charge in [0.15, 0.2) is 5.43 Å². The number of pyridine rings is 1. The third-order valence-corrected chi connectivity index (χ3v) is 2.82. The predicted molar refractivity (Wildman–Crippen MR) is 68.1 cm³/mol. The molecule has 0 aliphatic rings. The zero-order chi connectivity index (χ0) is 13.5. The number of fused-ring (bicyclic) bond motifs is 1. The number of ether oxygens (including phenoxy) is 1. The van der Waals surface area contributed by atoms with Crippen molar-refractivity contribution in [2.45, 2.75) is 26.2 Å². The number of hydrogen-bond acceptors (Lipinski definition) is 3. The van der Waals surface area contributed by atoms with Crippen LogP contribution in [0.1, 0.15) is 36.8 Å². The fraction of sp³-hybridized carbons (Fsp3) is 0.385. The van der Waals surface area contributed by atoms with Crippen LogP contribution in [0.2, 0.25) is 0 Å². The summed E-state index contributed by atoms with van der Waals surface area (Å²) in [6.45, 7) is 6.20. The van der Waals surface area contributed by atoms with Crippen molar-refractivity contribution in [1.29, 1.82) is 0 Å². The number of imidazole rings is 1. The third kappa shape index (κ3) is 2.03. The van der Waals surface area contributed by atoms with Gasteiger partial charge in [0, 0.05) is 29.6 Å². The number of aromatic nitrogens is 2. The molecular formula is C13H16N2O3. The van der Waals surface area contributed by atoms with Crippen molar-refractivity contribution in [1.82, 2.24) is 9.38 Å². The van der Waals surface area contributed by atoms with Crippen molar-refractivity contribution in [3.63, 3.8) is 0 Å². The van der Waals surface area contributed by atoms with Crippen molar-refractivity contribution >= 4 is 11.6 Å². The summed E-state index contributed by atoms with van der Waals surface area (Å²) in [6, 6.07) is 1.40. The van der Waals surface area contributed by atoms with E-state index in [0.29, 0.717) is 5.65 Å². The molecule has 0 bridgehead atoms. The molecule has 2 heterocycles. The minimum Gasteiger partial charge on any atom is -0.465 e. The van der Waals surface area contributed by atoms with E-state index in [1.54, 1.807) is 4.40 Å². The molecule has 0 aliphatic heterocycles. The Balaban J connectivity index is 2.65. The monoisotopic (exact) mass is 248 g/mol. The van der Waals surface area contributed by atoms with Gasteiger partial charge in [-0.15, -0.1) is 0 Å². The Morgan fingerprint density at radius 1 is 1.33 bits per heavy atom. The van der Waals surface area contributed by atoms with E-state index in [0.717, 1.165) is 5.69 Å². The molecule has 0 unspecified atom stereocenters. The lowest BCUT2D eigenvalue weighted by atomic mass is 9.93. The lowest BCUT2D eigenvalue weighted by molar-refractivity contribution is 0.0598. The minimum atomic E-state index is -0.618. The van der Waals surface area contributed by atoms with Crippen molar-refractivity contribution in [2.75, 3.05) is 7.11 Å². The number of methoxy groups -OCH3 is 1. The van der Waals surface area contributed by atoms with Gasteiger partial charge in [0.1, 0.15) is 11.2 Å². The molecule has 0 amide bonds. The molecule has 0 fully saturated rings. The third-order valence-electron chi connectivity index (χ3n) is 2.82. The van der Waals surface area contributed by atoms with Gasteiger partial charge >= 0.3 is 5.97 Å². The van der Waals surface area contributed by atoms with Crippen LogP contribution in [0.3, 0.4) is 0 Å². The van der Waals surface area contributed by atoms with E-state index < -0.39 is 5.97 Å². The maximum atomic E-state index is 11.8. The first-order valence-corrected chi connectivity index (χ1v) is 5.67. The minimum absolute atomic E-state index is 0.0365. The van der Waals surface area contributed by atoms with E-state index in [4.69, 9.17) is 0 Å². The molecule has 0 saturated heterocycles. The second-order valence-corrected chi connectivity index (χ2v) is 5.25. The van der Waals surface area contributed by atoms with E-state index in [2.05, 4.69) is 30.5 Å². The number of nitrogens with one attached hydrogen (secondary N) is 1. The van der Waals surface area contributed by atoms with E-state index in [-0.39, 0.29) is 16.4 Å². The molecule has 2 aromatic heterocycles. The summed E-state index contributed by atoms with van der Waals surface area (Å²) in [6.07, 6.45) is 3.37. The highest BCUT2D eigenvalue weighted by atomic mass is 16.5. The predicted octanol–water partition coefficient (Wildman–Crippen LogP) is 1.71. The molecule has 0 saturated carbocycles. The Kier molecular flexibility index (Phi) is 2.77. The number of hydrogen-bond donors (Lipinski definition) is 1. The van der Waals surface area contributed by atoms with Gasteiger partial charge in [-0.05, 0) is 0 Å². The van der Waals surface area contributed by atoms with Crippen molar-refractivity contribution in [3.8, 4) is 0 Å². The number of rotatable bonds is 1. The number of aromatic amines is 1. The molecule has 0 aromatic carbocycles. The van der Waals surface area contributed by atoms with E-state index >= 15 is 0 Å². The second-order valence-electron chi connectivity index (χ2n) is 5.25. The molecule has 18 heavy (non-hydrogen) atoms. The molecule has 0 atom stereocenters. The summed E-state index contributed by atoms with van der Waals surface area (Å²) < 4.78 is 6.31. The van der Waals surface area contributed by atoms with Crippen LogP contribution in [0.15, 0.2) is 23.3 Å². The van der Waals surface area contributed by atoms with Crippen LogP contribution >= 0.6 is 0 Å². The molecule has 5 heteroatoms. The Morgan fingerprint density at radius 3 is 2.56 bits per heavy atom. The maximum absolute atomic E-state index is 11.8. The molecule has 1 N–H and O–H groups in total. The maximum Gasteiger partial charge on any atom is 0.343 e. The van der Waals surface area contributed by atoms with Crippen LogP contribution in [0, 0.1) is 0 Å². The van der Waals surface area contributed by atoms with Gasteiger partial charge in [0.05, 0.1) is 7.11 Å². The molecule has 2 aromatic rings. The number of carbonyl (C=O) groups is 1. The second kappa shape index (κ2) is 4.01. The summed E-state index contributed by atoms with van der Waals surface area (Å²) in [5.41, 5.74) is 1.29. The highest BCUT2D eigenvalue weighted by Gasteiger charge is 2.18. The Hall–Kier alpha value is -2.04. The van der Waals surface area contributed by atoms with Crippen molar-refractivity contribution in [3.05, 3.63) is 39.9 Å². The Morgan fingerprint density at radius 2 is 2.00 bits per heavy atom. The van der Waals surface area contributed by atoms with E-state index in [1.165, 1.54) is 19.4 Å².